The van der Waals surface area contributed by atoms with Gasteiger partial charge in [0.25, 0.3) is 0 Å². The fraction of sp³-hybridized carbons (Fsp3) is 0.0938. The number of hydrogen-bond acceptors (Lipinski definition) is 5. The van der Waals surface area contributed by atoms with Gasteiger partial charge in [0.1, 0.15) is 35.2 Å². The van der Waals surface area contributed by atoms with E-state index in [-0.39, 0.29) is 5.43 Å². The summed E-state index contributed by atoms with van der Waals surface area (Å²) in [5.74, 6) is 2.36. The van der Waals surface area contributed by atoms with E-state index in [0.29, 0.717) is 40.4 Å². The first kappa shape index (κ1) is 25.4. The van der Waals surface area contributed by atoms with Crippen LogP contribution in [-0.2, 0) is 6.61 Å². The summed E-state index contributed by atoms with van der Waals surface area (Å²) in [4.78, 5) is 12.9. The molecule has 0 bridgehead atoms. The van der Waals surface area contributed by atoms with Crippen LogP contribution in [0, 0.1) is 0 Å². The SMILES string of the molecule is COc1cc(/C=C/c2ccc(OCc3ccccc3)cc2)c(-c2cc(=O)c3cc(Br)ccc3o2)c(OC)c1. The molecule has 5 nitrogen and oxygen atoms in total. The Balaban J connectivity index is 1.48. The maximum atomic E-state index is 12.9. The molecule has 0 atom stereocenters. The molecule has 1 heterocycles. The third-order valence-electron chi connectivity index (χ3n) is 6.08. The van der Waals surface area contributed by atoms with E-state index in [4.69, 9.17) is 18.6 Å². The van der Waals surface area contributed by atoms with Crippen LogP contribution in [0.4, 0.5) is 0 Å². The molecule has 38 heavy (non-hydrogen) atoms. The fourth-order valence-corrected chi connectivity index (χ4v) is 4.50. The van der Waals surface area contributed by atoms with Crippen LogP contribution in [0.5, 0.6) is 17.2 Å². The van der Waals surface area contributed by atoms with Gasteiger partial charge in [-0.3, -0.25) is 4.79 Å². The largest absolute Gasteiger partial charge is 0.497 e. The van der Waals surface area contributed by atoms with Gasteiger partial charge < -0.3 is 18.6 Å². The number of benzene rings is 4. The Morgan fingerprint density at radius 3 is 2.34 bits per heavy atom. The summed E-state index contributed by atoms with van der Waals surface area (Å²) in [6.07, 6.45) is 3.93. The molecular formula is C32H25BrO5. The van der Waals surface area contributed by atoms with Crippen LogP contribution < -0.4 is 19.6 Å². The topological polar surface area (TPSA) is 57.9 Å². The quantitative estimate of drug-likeness (QED) is 0.177. The lowest BCUT2D eigenvalue weighted by atomic mass is 10.0. The Hall–Kier alpha value is -4.29. The van der Waals surface area contributed by atoms with Crippen molar-refractivity contribution in [1.29, 1.82) is 0 Å². The van der Waals surface area contributed by atoms with Gasteiger partial charge in [0.15, 0.2) is 5.43 Å². The van der Waals surface area contributed by atoms with E-state index in [1.54, 1.807) is 32.4 Å². The Kier molecular flexibility index (Phi) is 7.61. The summed E-state index contributed by atoms with van der Waals surface area (Å²) in [5.41, 5.74) is 3.90. The van der Waals surface area contributed by atoms with E-state index in [0.717, 1.165) is 26.9 Å². The molecule has 0 unspecified atom stereocenters. The zero-order valence-corrected chi connectivity index (χ0v) is 22.5. The Morgan fingerprint density at radius 2 is 1.61 bits per heavy atom. The number of ether oxygens (including phenoxy) is 3. The second-order valence-electron chi connectivity index (χ2n) is 8.59. The normalized spacial score (nSPS) is 11.1. The number of halogens is 1. The van der Waals surface area contributed by atoms with Crippen molar-refractivity contribution < 1.29 is 18.6 Å². The standard InChI is InChI=1S/C32H25BrO5/c1-35-26-16-23(11-8-21-9-13-25(14-10-21)37-20-22-6-4-3-5-7-22)32(30(18-26)36-2)31-19-28(34)27-17-24(33)12-15-29(27)38-31/h3-19H,20H2,1-2H3/b11-8+. The van der Waals surface area contributed by atoms with E-state index in [9.17, 15) is 4.79 Å². The smallest absolute Gasteiger partial charge is 0.193 e. The Bertz CT molecular complexity index is 1650. The van der Waals surface area contributed by atoms with Crippen LogP contribution in [0.25, 0.3) is 34.4 Å². The summed E-state index contributed by atoms with van der Waals surface area (Å²) in [7, 11) is 3.18. The molecule has 0 aliphatic carbocycles. The van der Waals surface area contributed by atoms with Gasteiger partial charge in [-0.15, -0.1) is 0 Å². The minimum Gasteiger partial charge on any atom is -0.497 e. The molecule has 0 aliphatic heterocycles. The molecule has 5 aromatic rings. The second-order valence-corrected chi connectivity index (χ2v) is 9.50. The van der Waals surface area contributed by atoms with Crippen molar-refractivity contribution in [1.82, 2.24) is 0 Å². The van der Waals surface area contributed by atoms with Gasteiger partial charge in [-0.25, -0.2) is 0 Å². The van der Waals surface area contributed by atoms with E-state index in [2.05, 4.69) is 15.9 Å². The van der Waals surface area contributed by atoms with Crippen LogP contribution in [0.15, 0.2) is 105 Å². The summed E-state index contributed by atoms with van der Waals surface area (Å²) in [6.45, 7) is 0.511. The van der Waals surface area contributed by atoms with Gasteiger partial charge in [-0.05, 0) is 53.1 Å². The number of hydrogen-bond donors (Lipinski definition) is 0. The van der Waals surface area contributed by atoms with Crippen molar-refractivity contribution >= 4 is 39.1 Å². The molecule has 6 heteroatoms. The van der Waals surface area contributed by atoms with E-state index in [1.165, 1.54) is 6.07 Å². The maximum absolute atomic E-state index is 12.9. The van der Waals surface area contributed by atoms with Gasteiger partial charge in [0, 0.05) is 16.6 Å². The summed E-state index contributed by atoms with van der Waals surface area (Å²) < 4.78 is 24.1. The third-order valence-corrected chi connectivity index (χ3v) is 6.57. The van der Waals surface area contributed by atoms with Gasteiger partial charge in [0.2, 0.25) is 0 Å². The first-order chi connectivity index (χ1) is 18.5. The molecule has 1 aromatic heterocycles. The molecule has 0 fully saturated rings. The van der Waals surface area contributed by atoms with Crippen LogP contribution in [-0.4, -0.2) is 14.2 Å². The average Bonchev–Trinajstić information content (AvgIpc) is 2.95. The number of rotatable bonds is 8. The molecule has 0 radical (unpaired) electrons. The maximum Gasteiger partial charge on any atom is 0.193 e. The minimum absolute atomic E-state index is 0.138. The second kappa shape index (κ2) is 11.4. The highest BCUT2D eigenvalue weighted by Gasteiger charge is 2.17. The lowest BCUT2D eigenvalue weighted by Gasteiger charge is -2.14. The molecule has 0 spiro atoms. The number of methoxy groups -OCH3 is 2. The van der Waals surface area contributed by atoms with Gasteiger partial charge in [0.05, 0.1) is 25.2 Å². The molecule has 0 saturated heterocycles. The average molecular weight is 569 g/mol. The Labute approximate surface area is 229 Å². The molecular weight excluding hydrogens is 544 g/mol. The minimum atomic E-state index is -0.138. The first-order valence-electron chi connectivity index (χ1n) is 12.0. The van der Waals surface area contributed by atoms with E-state index < -0.39 is 0 Å². The van der Waals surface area contributed by atoms with Gasteiger partial charge >= 0.3 is 0 Å². The van der Waals surface area contributed by atoms with Crippen molar-refractivity contribution in [3.63, 3.8) is 0 Å². The van der Waals surface area contributed by atoms with Crippen molar-refractivity contribution in [2.45, 2.75) is 6.61 Å². The van der Waals surface area contributed by atoms with Crippen molar-refractivity contribution in [2.75, 3.05) is 14.2 Å². The molecule has 0 N–H and O–H groups in total. The van der Waals surface area contributed by atoms with Crippen molar-refractivity contribution in [3.8, 4) is 28.6 Å². The first-order valence-corrected chi connectivity index (χ1v) is 12.8. The van der Waals surface area contributed by atoms with Crippen molar-refractivity contribution in [3.05, 3.63) is 122 Å². The highest BCUT2D eigenvalue weighted by molar-refractivity contribution is 9.10. The van der Waals surface area contributed by atoms with Crippen LogP contribution in [0.3, 0.4) is 0 Å². The molecule has 4 aromatic carbocycles. The predicted molar refractivity (Wildman–Crippen MR) is 155 cm³/mol. The van der Waals surface area contributed by atoms with Crippen LogP contribution in [0.1, 0.15) is 16.7 Å². The van der Waals surface area contributed by atoms with Gasteiger partial charge in [-0.1, -0.05) is 70.5 Å². The Morgan fingerprint density at radius 1 is 0.816 bits per heavy atom. The third kappa shape index (κ3) is 5.66. The predicted octanol–water partition coefficient (Wildman–Crippen LogP) is 7.99. The molecule has 5 rings (SSSR count). The molecule has 0 saturated carbocycles. The number of fused-ring (bicyclic) bond motifs is 1. The zero-order valence-electron chi connectivity index (χ0n) is 20.9. The van der Waals surface area contributed by atoms with Crippen LogP contribution in [0.2, 0.25) is 0 Å². The van der Waals surface area contributed by atoms with E-state index >= 15 is 0 Å². The monoisotopic (exact) mass is 568 g/mol. The lowest BCUT2D eigenvalue weighted by Crippen LogP contribution is -2.02. The van der Waals surface area contributed by atoms with Crippen LogP contribution >= 0.6 is 15.9 Å². The lowest BCUT2D eigenvalue weighted by molar-refractivity contribution is 0.306. The highest BCUT2D eigenvalue weighted by atomic mass is 79.9. The van der Waals surface area contributed by atoms with Gasteiger partial charge in [-0.2, -0.15) is 0 Å². The molecule has 0 amide bonds. The summed E-state index contributed by atoms with van der Waals surface area (Å²) >= 11 is 3.42. The zero-order chi connectivity index (χ0) is 26.5. The van der Waals surface area contributed by atoms with Crippen molar-refractivity contribution in [2.24, 2.45) is 0 Å². The molecule has 0 aliphatic rings. The summed E-state index contributed by atoms with van der Waals surface area (Å²) in [6, 6.07) is 28.4. The fourth-order valence-electron chi connectivity index (χ4n) is 4.14. The molecule has 190 valence electrons. The summed E-state index contributed by atoms with van der Waals surface area (Å²) in [5, 5.41) is 0.502. The highest BCUT2D eigenvalue weighted by Crippen LogP contribution is 2.39. The van der Waals surface area contributed by atoms with E-state index in [1.807, 2.05) is 78.9 Å².